The van der Waals surface area contributed by atoms with E-state index in [-0.39, 0.29) is 17.2 Å². The molecule has 0 fully saturated rings. The van der Waals surface area contributed by atoms with Crippen LogP contribution in [0.3, 0.4) is 0 Å². The van der Waals surface area contributed by atoms with Gasteiger partial charge in [0, 0.05) is 16.1 Å². The van der Waals surface area contributed by atoms with E-state index >= 15 is 0 Å². The number of halogens is 1. The van der Waals surface area contributed by atoms with Gasteiger partial charge in [0.1, 0.15) is 6.20 Å². The molecule has 0 saturated heterocycles. The van der Waals surface area contributed by atoms with Gasteiger partial charge in [-0.2, -0.15) is 0 Å². The van der Waals surface area contributed by atoms with Crippen molar-refractivity contribution in [3.63, 3.8) is 0 Å². The number of benzene rings is 1. The van der Waals surface area contributed by atoms with E-state index in [2.05, 4.69) is 20.9 Å². The Hall–Kier alpha value is -1.73. The number of nitro groups is 1. The van der Waals surface area contributed by atoms with Gasteiger partial charge >= 0.3 is 0 Å². The average molecular weight is 353 g/mol. The van der Waals surface area contributed by atoms with Crippen molar-refractivity contribution < 1.29 is 9.72 Å². The molecule has 0 saturated carbocycles. The second-order valence-electron chi connectivity index (χ2n) is 3.83. The first-order valence-electron chi connectivity index (χ1n) is 5.58. The molecule has 102 valence electrons. The maximum absolute atomic E-state index is 11.9. The quantitative estimate of drug-likeness (QED) is 0.354. The van der Waals surface area contributed by atoms with Gasteiger partial charge in [-0.05, 0) is 18.2 Å². The molecule has 0 spiro atoms. The van der Waals surface area contributed by atoms with Gasteiger partial charge in [-0.1, -0.05) is 39.8 Å². The third kappa shape index (κ3) is 3.88. The number of rotatable bonds is 5. The summed E-state index contributed by atoms with van der Waals surface area (Å²) in [5.74, 6) is 0.231. The lowest BCUT2D eigenvalue weighted by Crippen LogP contribution is -2.02. The van der Waals surface area contributed by atoms with Gasteiger partial charge in [0.25, 0.3) is 5.69 Å². The highest BCUT2D eigenvalue weighted by atomic mass is 79.9. The molecule has 20 heavy (non-hydrogen) atoms. The summed E-state index contributed by atoms with van der Waals surface area (Å²) in [5.41, 5.74) is 0.566. The normalized spacial score (nSPS) is 10.2. The molecule has 0 unspecified atom stereocenters. The second kappa shape index (κ2) is 6.62. The van der Waals surface area contributed by atoms with E-state index in [1.54, 1.807) is 12.1 Å². The fourth-order valence-electron chi connectivity index (χ4n) is 1.42. The van der Waals surface area contributed by atoms with Crippen LogP contribution in [0.4, 0.5) is 5.69 Å². The first kappa shape index (κ1) is 14.7. The van der Waals surface area contributed by atoms with Crippen LogP contribution in [0.15, 0.2) is 52.1 Å². The Morgan fingerprint density at radius 1 is 1.25 bits per heavy atom. The van der Waals surface area contributed by atoms with E-state index in [4.69, 9.17) is 0 Å². The standard InChI is InChI=1S/C13H9BrN2O3S/c14-10-3-1-9(2-4-10)12(17)8-20-13-6-5-11(7-15-13)16(18)19/h1-7H,8H2. The fourth-order valence-corrected chi connectivity index (χ4v) is 2.43. The zero-order chi connectivity index (χ0) is 14.5. The summed E-state index contributed by atoms with van der Waals surface area (Å²) in [6.45, 7) is 0. The van der Waals surface area contributed by atoms with Gasteiger partial charge in [-0.3, -0.25) is 14.9 Å². The number of Topliss-reactive ketones (excluding diaryl/α,β-unsaturated/α-hetero) is 1. The smallest absolute Gasteiger partial charge is 0.287 e. The van der Waals surface area contributed by atoms with E-state index in [0.29, 0.717) is 10.6 Å². The number of hydrogen-bond acceptors (Lipinski definition) is 5. The molecule has 5 nitrogen and oxygen atoms in total. The molecule has 1 aromatic heterocycles. The number of ketones is 1. The van der Waals surface area contributed by atoms with E-state index in [0.717, 1.165) is 4.47 Å². The summed E-state index contributed by atoms with van der Waals surface area (Å²) in [7, 11) is 0. The van der Waals surface area contributed by atoms with E-state index in [1.807, 2.05) is 12.1 Å². The maximum Gasteiger partial charge on any atom is 0.287 e. The Balaban J connectivity index is 1.96. The molecule has 0 N–H and O–H groups in total. The van der Waals surface area contributed by atoms with E-state index in [9.17, 15) is 14.9 Å². The fraction of sp³-hybridized carbons (Fsp3) is 0.0769. The molecule has 2 rings (SSSR count). The first-order chi connectivity index (χ1) is 9.56. The zero-order valence-corrected chi connectivity index (χ0v) is 12.6. The molecule has 1 heterocycles. The van der Waals surface area contributed by atoms with Crippen molar-refractivity contribution in [2.45, 2.75) is 5.03 Å². The minimum Gasteiger partial charge on any atom is -0.293 e. The minimum absolute atomic E-state index is 0.0114. The summed E-state index contributed by atoms with van der Waals surface area (Å²) in [6.07, 6.45) is 1.19. The van der Waals surface area contributed by atoms with Crippen molar-refractivity contribution in [1.29, 1.82) is 0 Å². The highest BCUT2D eigenvalue weighted by Gasteiger charge is 2.09. The number of carbonyl (C=O) groups excluding carboxylic acids is 1. The van der Waals surface area contributed by atoms with Crippen LogP contribution < -0.4 is 0 Å². The van der Waals surface area contributed by atoms with Gasteiger partial charge in [0.2, 0.25) is 0 Å². The van der Waals surface area contributed by atoms with E-state index < -0.39 is 4.92 Å². The van der Waals surface area contributed by atoms with Gasteiger partial charge in [0.05, 0.1) is 15.7 Å². The van der Waals surface area contributed by atoms with Crippen LogP contribution in [-0.2, 0) is 0 Å². The molecule has 0 amide bonds. The number of aromatic nitrogens is 1. The highest BCUT2D eigenvalue weighted by molar-refractivity contribution is 9.10. The molecule has 1 aromatic carbocycles. The minimum atomic E-state index is -0.506. The van der Waals surface area contributed by atoms with Crippen molar-refractivity contribution in [2.75, 3.05) is 5.75 Å². The average Bonchev–Trinajstić information content (AvgIpc) is 2.46. The molecule has 0 aliphatic rings. The Kier molecular flexibility index (Phi) is 4.86. The number of thioether (sulfide) groups is 1. The summed E-state index contributed by atoms with van der Waals surface area (Å²) in [4.78, 5) is 25.9. The third-order valence-corrected chi connectivity index (χ3v) is 3.92. The Morgan fingerprint density at radius 2 is 1.95 bits per heavy atom. The monoisotopic (exact) mass is 352 g/mol. The molecule has 0 radical (unpaired) electrons. The van der Waals surface area contributed by atoms with Crippen LogP contribution in [0.5, 0.6) is 0 Å². The topological polar surface area (TPSA) is 73.1 Å². The van der Waals surface area contributed by atoms with Crippen LogP contribution in [0, 0.1) is 10.1 Å². The van der Waals surface area contributed by atoms with Gasteiger partial charge in [-0.15, -0.1) is 0 Å². The van der Waals surface area contributed by atoms with Crippen molar-refractivity contribution in [3.8, 4) is 0 Å². The molecule has 7 heteroatoms. The van der Waals surface area contributed by atoms with Crippen LogP contribution in [0.2, 0.25) is 0 Å². The summed E-state index contributed by atoms with van der Waals surface area (Å²) in [5, 5.41) is 11.1. The Bertz CT molecular complexity index is 629. The van der Waals surface area contributed by atoms with Crippen molar-refractivity contribution in [1.82, 2.24) is 4.98 Å². The molecule has 0 atom stereocenters. The van der Waals surface area contributed by atoms with Crippen molar-refractivity contribution in [2.24, 2.45) is 0 Å². The molecular formula is C13H9BrN2O3S. The molecule has 0 bridgehead atoms. The highest BCUT2D eigenvalue weighted by Crippen LogP contribution is 2.20. The number of carbonyl (C=O) groups is 1. The lowest BCUT2D eigenvalue weighted by molar-refractivity contribution is -0.385. The van der Waals surface area contributed by atoms with Crippen molar-refractivity contribution in [3.05, 3.63) is 62.7 Å². The number of nitrogens with zero attached hydrogens (tertiary/aromatic N) is 2. The lowest BCUT2D eigenvalue weighted by atomic mass is 10.2. The summed E-state index contributed by atoms with van der Waals surface area (Å²) >= 11 is 4.56. The van der Waals surface area contributed by atoms with E-state index in [1.165, 1.54) is 30.1 Å². The molecule has 0 aliphatic carbocycles. The zero-order valence-electron chi connectivity index (χ0n) is 10.2. The largest absolute Gasteiger partial charge is 0.293 e. The predicted octanol–water partition coefficient (Wildman–Crippen LogP) is 3.73. The third-order valence-electron chi connectivity index (χ3n) is 2.45. The molecule has 0 aliphatic heterocycles. The van der Waals surface area contributed by atoms with Crippen LogP contribution >= 0.6 is 27.7 Å². The van der Waals surface area contributed by atoms with Crippen molar-refractivity contribution >= 4 is 39.2 Å². The summed E-state index contributed by atoms with van der Waals surface area (Å²) in [6, 6.07) is 10.0. The lowest BCUT2D eigenvalue weighted by Gasteiger charge is -2.01. The molecular weight excluding hydrogens is 344 g/mol. The predicted molar refractivity (Wildman–Crippen MR) is 80.1 cm³/mol. The van der Waals surface area contributed by atoms with Crippen LogP contribution in [-0.4, -0.2) is 21.4 Å². The van der Waals surface area contributed by atoms with Gasteiger partial charge in [-0.25, -0.2) is 4.98 Å². The number of hydrogen-bond donors (Lipinski definition) is 0. The SMILES string of the molecule is O=C(CSc1ccc([N+](=O)[O-])cn1)c1ccc(Br)cc1. The maximum atomic E-state index is 11.9. The number of pyridine rings is 1. The molecule has 2 aromatic rings. The van der Waals surface area contributed by atoms with Crippen LogP contribution in [0.25, 0.3) is 0 Å². The van der Waals surface area contributed by atoms with Gasteiger partial charge in [0.15, 0.2) is 5.78 Å². The van der Waals surface area contributed by atoms with Gasteiger partial charge < -0.3 is 0 Å². The first-order valence-corrected chi connectivity index (χ1v) is 7.36. The Morgan fingerprint density at radius 3 is 2.50 bits per heavy atom. The summed E-state index contributed by atoms with van der Waals surface area (Å²) < 4.78 is 0.915. The second-order valence-corrected chi connectivity index (χ2v) is 5.74. The van der Waals surface area contributed by atoms with Crippen LogP contribution in [0.1, 0.15) is 10.4 Å². The Labute approximate surface area is 127 Å².